The van der Waals surface area contributed by atoms with Crippen molar-refractivity contribution in [3.8, 4) is 0 Å². The van der Waals surface area contributed by atoms with Gasteiger partial charge in [0.15, 0.2) is 0 Å². The standard InChI is InChI=1S/C15H26N2O4/c18-14(19)11-12-5-1-3-9-17(12)15(20)16-8-7-13-6-2-4-10-21-13/h12-13H,1-11H2,(H,16,20)(H,18,19). The van der Waals surface area contributed by atoms with Crippen molar-refractivity contribution in [1.82, 2.24) is 10.2 Å². The first-order valence-corrected chi connectivity index (χ1v) is 8.04. The van der Waals surface area contributed by atoms with Crippen LogP contribution in [-0.2, 0) is 9.53 Å². The largest absolute Gasteiger partial charge is 0.481 e. The Labute approximate surface area is 125 Å². The number of likely N-dealkylation sites (tertiary alicyclic amines) is 1. The lowest BCUT2D eigenvalue weighted by Crippen LogP contribution is -2.49. The number of nitrogens with zero attached hydrogens (tertiary/aromatic N) is 1. The molecule has 0 aromatic heterocycles. The number of urea groups is 1. The topological polar surface area (TPSA) is 78.9 Å². The maximum Gasteiger partial charge on any atom is 0.317 e. The fourth-order valence-corrected chi connectivity index (χ4v) is 3.16. The van der Waals surface area contributed by atoms with Crippen LogP contribution in [0.3, 0.4) is 0 Å². The van der Waals surface area contributed by atoms with Crippen molar-refractivity contribution in [3.63, 3.8) is 0 Å². The molecule has 2 heterocycles. The number of carbonyl (C=O) groups is 2. The second kappa shape index (κ2) is 8.22. The summed E-state index contributed by atoms with van der Waals surface area (Å²) in [6.45, 7) is 2.08. The molecule has 0 spiro atoms. The average Bonchev–Trinajstić information content (AvgIpc) is 2.48. The van der Waals surface area contributed by atoms with E-state index in [2.05, 4.69) is 5.32 Å². The Morgan fingerprint density at radius 3 is 2.71 bits per heavy atom. The molecule has 2 saturated heterocycles. The zero-order chi connectivity index (χ0) is 15.1. The summed E-state index contributed by atoms with van der Waals surface area (Å²) in [6.07, 6.45) is 7.27. The van der Waals surface area contributed by atoms with Crippen LogP contribution in [0.1, 0.15) is 51.4 Å². The van der Waals surface area contributed by atoms with Crippen molar-refractivity contribution in [3.05, 3.63) is 0 Å². The van der Waals surface area contributed by atoms with Gasteiger partial charge in [-0.3, -0.25) is 4.79 Å². The molecule has 6 heteroatoms. The first-order chi connectivity index (χ1) is 10.2. The van der Waals surface area contributed by atoms with Gasteiger partial charge in [-0.05, 0) is 44.9 Å². The summed E-state index contributed by atoms with van der Waals surface area (Å²) in [7, 11) is 0. The zero-order valence-electron chi connectivity index (χ0n) is 12.6. The molecule has 0 aromatic rings. The van der Waals surface area contributed by atoms with Crippen molar-refractivity contribution in [2.75, 3.05) is 19.7 Å². The van der Waals surface area contributed by atoms with Crippen LogP contribution < -0.4 is 5.32 Å². The Balaban J connectivity index is 1.73. The molecule has 2 aliphatic rings. The third-order valence-corrected chi connectivity index (χ3v) is 4.31. The molecule has 21 heavy (non-hydrogen) atoms. The van der Waals surface area contributed by atoms with Gasteiger partial charge >= 0.3 is 12.0 Å². The number of hydrogen-bond donors (Lipinski definition) is 2. The van der Waals surface area contributed by atoms with Gasteiger partial charge in [0.1, 0.15) is 0 Å². The maximum absolute atomic E-state index is 12.2. The quantitative estimate of drug-likeness (QED) is 0.813. The second-order valence-corrected chi connectivity index (χ2v) is 5.95. The minimum Gasteiger partial charge on any atom is -0.481 e. The highest BCUT2D eigenvalue weighted by molar-refractivity contribution is 5.76. The van der Waals surface area contributed by atoms with E-state index in [9.17, 15) is 9.59 Å². The van der Waals surface area contributed by atoms with E-state index in [1.807, 2.05) is 0 Å². The van der Waals surface area contributed by atoms with Gasteiger partial charge in [0.25, 0.3) is 0 Å². The highest BCUT2D eigenvalue weighted by Crippen LogP contribution is 2.20. The van der Waals surface area contributed by atoms with E-state index in [4.69, 9.17) is 9.84 Å². The van der Waals surface area contributed by atoms with E-state index >= 15 is 0 Å². The van der Waals surface area contributed by atoms with Crippen molar-refractivity contribution in [2.45, 2.75) is 63.5 Å². The number of hydrogen-bond acceptors (Lipinski definition) is 3. The Hall–Kier alpha value is -1.30. The molecular formula is C15H26N2O4. The Morgan fingerprint density at radius 1 is 1.19 bits per heavy atom. The Kier molecular flexibility index (Phi) is 6.29. The zero-order valence-corrected chi connectivity index (χ0v) is 12.6. The van der Waals surface area contributed by atoms with E-state index in [0.29, 0.717) is 13.1 Å². The lowest BCUT2D eigenvalue weighted by atomic mass is 10.00. The molecule has 0 radical (unpaired) electrons. The van der Waals surface area contributed by atoms with Crippen LogP contribution in [0.25, 0.3) is 0 Å². The van der Waals surface area contributed by atoms with Crippen LogP contribution in [0.2, 0.25) is 0 Å². The number of aliphatic carboxylic acids is 1. The molecule has 2 unspecified atom stereocenters. The number of carbonyl (C=O) groups excluding carboxylic acids is 1. The van der Waals surface area contributed by atoms with Crippen molar-refractivity contribution in [1.29, 1.82) is 0 Å². The van der Waals surface area contributed by atoms with Crippen LogP contribution in [0.4, 0.5) is 4.79 Å². The number of nitrogens with one attached hydrogen (secondary N) is 1. The Morgan fingerprint density at radius 2 is 2.00 bits per heavy atom. The third-order valence-electron chi connectivity index (χ3n) is 4.31. The van der Waals surface area contributed by atoms with Crippen LogP contribution in [0, 0.1) is 0 Å². The molecule has 120 valence electrons. The molecule has 2 atom stereocenters. The summed E-state index contributed by atoms with van der Waals surface area (Å²) in [5, 5.41) is 11.9. The van der Waals surface area contributed by atoms with Crippen molar-refractivity contribution < 1.29 is 19.4 Å². The summed E-state index contributed by atoms with van der Waals surface area (Å²) >= 11 is 0. The highest BCUT2D eigenvalue weighted by Gasteiger charge is 2.28. The summed E-state index contributed by atoms with van der Waals surface area (Å²) < 4.78 is 5.64. The van der Waals surface area contributed by atoms with Gasteiger partial charge in [-0.1, -0.05) is 0 Å². The molecule has 2 N–H and O–H groups in total. The number of carboxylic acid groups (broad SMARTS) is 1. The van der Waals surface area contributed by atoms with Crippen molar-refractivity contribution in [2.24, 2.45) is 0 Å². The Bertz CT molecular complexity index is 356. The first-order valence-electron chi connectivity index (χ1n) is 8.04. The van der Waals surface area contributed by atoms with Gasteiger partial charge in [-0.25, -0.2) is 4.79 Å². The lowest BCUT2D eigenvalue weighted by molar-refractivity contribution is -0.138. The molecular weight excluding hydrogens is 272 g/mol. The number of ether oxygens (including phenoxy) is 1. The molecule has 2 aliphatic heterocycles. The fourth-order valence-electron chi connectivity index (χ4n) is 3.16. The van der Waals surface area contributed by atoms with E-state index in [1.54, 1.807) is 4.90 Å². The molecule has 0 aromatic carbocycles. The fraction of sp³-hybridized carbons (Fsp3) is 0.867. The number of piperidine rings is 1. The van der Waals surface area contributed by atoms with E-state index in [1.165, 1.54) is 6.42 Å². The molecule has 0 aliphatic carbocycles. The van der Waals surface area contributed by atoms with Crippen LogP contribution in [-0.4, -0.2) is 53.8 Å². The van der Waals surface area contributed by atoms with Gasteiger partial charge in [-0.2, -0.15) is 0 Å². The summed E-state index contributed by atoms with van der Waals surface area (Å²) in [6, 6.07) is -0.293. The molecule has 2 fully saturated rings. The smallest absolute Gasteiger partial charge is 0.317 e. The molecule has 0 bridgehead atoms. The third kappa shape index (κ3) is 5.19. The first kappa shape index (κ1) is 16.1. The van der Waals surface area contributed by atoms with Crippen LogP contribution >= 0.6 is 0 Å². The van der Waals surface area contributed by atoms with Gasteiger partial charge in [0, 0.05) is 25.7 Å². The predicted octanol–water partition coefficient (Wildman–Crippen LogP) is 1.98. The summed E-state index contributed by atoms with van der Waals surface area (Å²) in [5.74, 6) is -0.838. The van der Waals surface area contributed by atoms with Crippen LogP contribution in [0.5, 0.6) is 0 Å². The van der Waals surface area contributed by atoms with Gasteiger partial charge in [0.05, 0.1) is 12.5 Å². The molecule has 0 saturated carbocycles. The minimum absolute atomic E-state index is 0.0408. The summed E-state index contributed by atoms with van der Waals surface area (Å²) in [4.78, 5) is 24.8. The normalized spacial score (nSPS) is 26.4. The van der Waals surface area contributed by atoms with Crippen molar-refractivity contribution >= 4 is 12.0 Å². The second-order valence-electron chi connectivity index (χ2n) is 5.95. The summed E-state index contributed by atoms with van der Waals surface area (Å²) in [5.41, 5.74) is 0. The number of amides is 2. The molecule has 6 nitrogen and oxygen atoms in total. The van der Waals surface area contributed by atoms with E-state index in [0.717, 1.165) is 45.1 Å². The van der Waals surface area contributed by atoms with Crippen LogP contribution in [0.15, 0.2) is 0 Å². The maximum atomic E-state index is 12.2. The van der Waals surface area contributed by atoms with Gasteiger partial charge in [0.2, 0.25) is 0 Å². The number of rotatable bonds is 5. The molecule has 2 amide bonds. The monoisotopic (exact) mass is 298 g/mol. The van der Waals surface area contributed by atoms with Gasteiger partial charge < -0.3 is 20.1 Å². The minimum atomic E-state index is -0.838. The predicted molar refractivity (Wildman–Crippen MR) is 78.2 cm³/mol. The lowest BCUT2D eigenvalue weighted by Gasteiger charge is -2.35. The molecule has 2 rings (SSSR count). The highest BCUT2D eigenvalue weighted by atomic mass is 16.5. The van der Waals surface area contributed by atoms with E-state index < -0.39 is 5.97 Å². The average molecular weight is 298 g/mol. The SMILES string of the molecule is O=C(O)CC1CCCCN1C(=O)NCCC1CCCCO1. The van der Waals surface area contributed by atoms with Gasteiger partial charge in [-0.15, -0.1) is 0 Å². The van der Waals surface area contributed by atoms with E-state index in [-0.39, 0.29) is 24.6 Å². The number of carboxylic acids is 1.